The van der Waals surface area contributed by atoms with Crippen LogP contribution >= 0.6 is 0 Å². The number of amides is 1. The van der Waals surface area contributed by atoms with Gasteiger partial charge in [0.1, 0.15) is 5.82 Å². The van der Waals surface area contributed by atoms with Crippen molar-refractivity contribution in [2.45, 2.75) is 19.8 Å². The van der Waals surface area contributed by atoms with Gasteiger partial charge < -0.3 is 10.3 Å². The molecule has 0 fully saturated rings. The smallest absolute Gasteiger partial charge is 0.325 e. The highest BCUT2D eigenvalue weighted by molar-refractivity contribution is 5.78. The van der Waals surface area contributed by atoms with E-state index in [4.69, 9.17) is 0 Å². The molecule has 0 unspecified atom stereocenters. The molecule has 3 rings (SSSR count). The molecule has 8 nitrogen and oxygen atoms in total. The van der Waals surface area contributed by atoms with Gasteiger partial charge in [-0.1, -0.05) is 30.3 Å². The lowest BCUT2D eigenvalue weighted by atomic mass is 10.1. The van der Waals surface area contributed by atoms with Crippen molar-refractivity contribution in [2.75, 3.05) is 6.54 Å². The molecule has 2 heterocycles. The van der Waals surface area contributed by atoms with Crippen molar-refractivity contribution >= 4 is 5.91 Å². The summed E-state index contributed by atoms with van der Waals surface area (Å²) in [5.41, 5.74) is 1.31. The van der Waals surface area contributed by atoms with Crippen LogP contribution < -0.4 is 16.6 Å². The second-order valence-electron chi connectivity index (χ2n) is 6.01. The lowest BCUT2D eigenvalue weighted by molar-refractivity contribution is -0.120. The van der Waals surface area contributed by atoms with Gasteiger partial charge in [-0.3, -0.25) is 14.6 Å². The van der Waals surface area contributed by atoms with E-state index in [1.54, 1.807) is 13.1 Å². The number of nitrogens with one attached hydrogen (secondary N) is 3. The fourth-order valence-electron chi connectivity index (χ4n) is 2.66. The first-order chi connectivity index (χ1) is 13.0. The summed E-state index contributed by atoms with van der Waals surface area (Å²) in [4.78, 5) is 48.4. The third-order valence-electron chi connectivity index (χ3n) is 4.04. The summed E-state index contributed by atoms with van der Waals surface area (Å²) >= 11 is 0. The van der Waals surface area contributed by atoms with E-state index in [0.29, 0.717) is 24.5 Å². The van der Waals surface area contributed by atoms with Crippen molar-refractivity contribution in [1.29, 1.82) is 0 Å². The minimum absolute atomic E-state index is 0.108. The standard InChI is InChI=1S/C19H19N5O3/c1-12-14(18(26)24-19(27)22-12)11-17(25)21-10-8-16-20-9-7-15(23-16)13-5-3-2-4-6-13/h2-7,9H,8,10-11H2,1H3,(H,21,25)(H2,22,24,26,27). The van der Waals surface area contributed by atoms with E-state index in [1.165, 1.54) is 0 Å². The Morgan fingerprint density at radius 2 is 1.89 bits per heavy atom. The van der Waals surface area contributed by atoms with Crippen LogP contribution in [0.15, 0.2) is 52.2 Å². The van der Waals surface area contributed by atoms with Gasteiger partial charge >= 0.3 is 5.69 Å². The van der Waals surface area contributed by atoms with E-state index in [0.717, 1.165) is 11.3 Å². The molecule has 1 aromatic carbocycles. The number of benzene rings is 1. The van der Waals surface area contributed by atoms with Gasteiger partial charge in [-0.15, -0.1) is 0 Å². The molecule has 0 spiro atoms. The Morgan fingerprint density at radius 3 is 2.63 bits per heavy atom. The Kier molecular flexibility index (Phi) is 5.55. The first-order valence-corrected chi connectivity index (χ1v) is 8.49. The van der Waals surface area contributed by atoms with E-state index >= 15 is 0 Å². The molecule has 2 aromatic heterocycles. The van der Waals surface area contributed by atoms with Crippen molar-refractivity contribution in [3.05, 3.63) is 80.5 Å². The van der Waals surface area contributed by atoms with Crippen molar-refractivity contribution in [1.82, 2.24) is 25.3 Å². The summed E-state index contributed by atoms with van der Waals surface area (Å²) in [7, 11) is 0. The van der Waals surface area contributed by atoms with E-state index < -0.39 is 11.2 Å². The second kappa shape index (κ2) is 8.22. The van der Waals surface area contributed by atoms with Crippen molar-refractivity contribution in [3.63, 3.8) is 0 Å². The number of hydrogen-bond donors (Lipinski definition) is 3. The zero-order chi connectivity index (χ0) is 19.2. The zero-order valence-electron chi connectivity index (χ0n) is 14.8. The van der Waals surface area contributed by atoms with Gasteiger partial charge in [-0.05, 0) is 13.0 Å². The van der Waals surface area contributed by atoms with Gasteiger partial charge in [0.25, 0.3) is 5.56 Å². The highest BCUT2D eigenvalue weighted by atomic mass is 16.2. The molecule has 0 saturated heterocycles. The highest BCUT2D eigenvalue weighted by Crippen LogP contribution is 2.15. The Balaban J connectivity index is 1.58. The Labute approximate surface area is 154 Å². The number of aromatic nitrogens is 4. The molecule has 0 atom stereocenters. The Bertz CT molecular complexity index is 1060. The molecule has 27 heavy (non-hydrogen) atoms. The molecular formula is C19H19N5O3. The average molecular weight is 365 g/mol. The molecule has 3 aromatic rings. The monoisotopic (exact) mass is 365 g/mol. The van der Waals surface area contributed by atoms with E-state index in [1.807, 2.05) is 36.4 Å². The molecule has 1 amide bonds. The maximum absolute atomic E-state index is 12.1. The van der Waals surface area contributed by atoms with E-state index in [2.05, 4.69) is 25.3 Å². The summed E-state index contributed by atoms with van der Waals surface area (Å²) in [6, 6.07) is 11.6. The fraction of sp³-hybridized carbons (Fsp3) is 0.211. The lowest BCUT2D eigenvalue weighted by Gasteiger charge is -2.07. The number of rotatable bonds is 6. The molecule has 0 radical (unpaired) electrons. The van der Waals surface area contributed by atoms with Crippen LogP contribution in [0.3, 0.4) is 0 Å². The molecule has 138 valence electrons. The predicted octanol–water partition coefficient (Wildman–Crippen LogP) is 0.730. The summed E-state index contributed by atoms with van der Waals surface area (Å²) in [5, 5.41) is 2.74. The number of carbonyl (C=O) groups excluding carboxylic acids is 1. The molecular weight excluding hydrogens is 346 g/mol. The van der Waals surface area contributed by atoms with Crippen LogP contribution in [0.25, 0.3) is 11.3 Å². The zero-order valence-corrected chi connectivity index (χ0v) is 14.8. The fourth-order valence-corrected chi connectivity index (χ4v) is 2.66. The number of hydrogen-bond acceptors (Lipinski definition) is 5. The van der Waals surface area contributed by atoms with Crippen LogP contribution in [-0.4, -0.2) is 32.4 Å². The number of aromatic amines is 2. The molecule has 0 aliphatic carbocycles. The number of nitrogens with zero attached hydrogens (tertiary/aromatic N) is 2. The molecule has 0 aliphatic heterocycles. The van der Waals surface area contributed by atoms with Crippen molar-refractivity contribution < 1.29 is 4.79 Å². The third-order valence-corrected chi connectivity index (χ3v) is 4.04. The van der Waals surface area contributed by atoms with Gasteiger partial charge in [0.05, 0.1) is 12.1 Å². The first kappa shape index (κ1) is 18.2. The van der Waals surface area contributed by atoms with Crippen LogP contribution in [0.4, 0.5) is 0 Å². The van der Waals surface area contributed by atoms with Gasteiger partial charge in [-0.2, -0.15) is 0 Å². The maximum atomic E-state index is 12.1. The summed E-state index contributed by atoms with van der Waals surface area (Å²) in [6.07, 6.45) is 2.05. The molecule has 8 heteroatoms. The molecule has 0 aliphatic rings. The van der Waals surface area contributed by atoms with Crippen LogP contribution in [0.2, 0.25) is 0 Å². The maximum Gasteiger partial charge on any atom is 0.325 e. The Hall–Kier alpha value is -3.55. The molecule has 0 bridgehead atoms. The summed E-state index contributed by atoms with van der Waals surface area (Å²) in [5.74, 6) is 0.310. The number of carbonyl (C=O) groups is 1. The quantitative estimate of drug-likeness (QED) is 0.595. The largest absolute Gasteiger partial charge is 0.355 e. The molecule has 0 saturated carbocycles. The summed E-state index contributed by atoms with van der Waals surface area (Å²) < 4.78 is 0. The van der Waals surface area contributed by atoms with Gasteiger partial charge in [0, 0.05) is 36.0 Å². The topological polar surface area (TPSA) is 121 Å². The van der Waals surface area contributed by atoms with E-state index in [9.17, 15) is 14.4 Å². The third kappa shape index (κ3) is 4.75. The number of aryl methyl sites for hydroxylation is 1. The minimum atomic E-state index is -0.586. The van der Waals surface area contributed by atoms with Crippen molar-refractivity contribution in [3.8, 4) is 11.3 Å². The van der Waals surface area contributed by atoms with Gasteiger partial charge in [0.2, 0.25) is 5.91 Å². The van der Waals surface area contributed by atoms with E-state index in [-0.39, 0.29) is 17.9 Å². The minimum Gasteiger partial charge on any atom is -0.355 e. The lowest BCUT2D eigenvalue weighted by Crippen LogP contribution is -2.33. The predicted molar refractivity (Wildman–Crippen MR) is 100 cm³/mol. The molecule has 3 N–H and O–H groups in total. The van der Waals surface area contributed by atoms with Crippen LogP contribution in [0, 0.1) is 6.92 Å². The van der Waals surface area contributed by atoms with Crippen LogP contribution in [0.1, 0.15) is 17.1 Å². The van der Waals surface area contributed by atoms with Gasteiger partial charge in [0.15, 0.2) is 0 Å². The highest BCUT2D eigenvalue weighted by Gasteiger charge is 2.11. The second-order valence-corrected chi connectivity index (χ2v) is 6.01. The first-order valence-electron chi connectivity index (χ1n) is 8.49. The summed E-state index contributed by atoms with van der Waals surface area (Å²) in [6.45, 7) is 1.93. The van der Waals surface area contributed by atoms with Crippen LogP contribution in [-0.2, 0) is 17.6 Å². The van der Waals surface area contributed by atoms with Crippen LogP contribution in [0.5, 0.6) is 0 Å². The average Bonchev–Trinajstić information content (AvgIpc) is 2.66. The Morgan fingerprint density at radius 1 is 1.11 bits per heavy atom. The SMILES string of the molecule is Cc1[nH]c(=O)[nH]c(=O)c1CC(=O)NCCc1nccc(-c2ccccc2)n1. The van der Waals surface area contributed by atoms with Crippen molar-refractivity contribution in [2.24, 2.45) is 0 Å². The van der Waals surface area contributed by atoms with Gasteiger partial charge in [-0.25, -0.2) is 14.8 Å². The number of H-pyrrole nitrogens is 2. The normalized spacial score (nSPS) is 10.6.